The van der Waals surface area contributed by atoms with Gasteiger partial charge in [0.15, 0.2) is 17.2 Å². The van der Waals surface area contributed by atoms with E-state index in [2.05, 4.69) is 5.10 Å². The second kappa shape index (κ2) is 5.98. The maximum absolute atomic E-state index is 11.8. The monoisotopic (exact) mass is 297 g/mol. The number of nitrogens with zero attached hydrogens (tertiary/aromatic N) is 3. The Morgan fingerprint density at radius 1 is 1.32 bits per heavy atom. The molecule has 0 fully saturated rings. The summed E-state index contributed by atoms with van der Waals surface area (Å²) in [6.07, 6.45) is 1.78. The van der Waals surface area contributed by atoms with E-state index in [-0.39, 0.29) is 0 Å². The molecule has 0 aliphatic rings. The molecule has 0 N–H and O–H groups in total. The quantitative estimate of drug-likeness (QED) is 0.637. The predicted molar refractivity (Wildman–Crippen MR) is 74.7 cm³/mol. The molecular formula is C11H11N3O3S2. The molecule has 1 aromatic heterocycles. The number of aromatic nitrogens is 3. The molecule has 0 amide bonds. The van der Waals surface area contributed by atoms with Gasteiger partial charge in [-0.1, -0.05) is 30.0 Å². The smallest absolute Gasteiger partial charge is 0.354 e. The Bertz CT molecular complexity index is 636. The molecule has 19 heavy (non-hydrogen) atoms. The minimum absolute atomic E-state index is 0.471. The van der Waals surface area contributed by atoms with E-state index in [0.717, 1.165) is 4.68 Å². The lowest BCUT2D eigenvalue weighted by Gasteiger charge is -2.01. The molecule has 0 saturated carbocycles. The minimum atomic E-state index is -0.579. The first-order valence-corrected chi connectivity index (χ1v) is 7.24. The number of rotatable bonds is 3. The van der Waals surface area contributed by atoms with Crippen LogP contribution in [-0.2, 0) is 7.05 Å². The highest BCUT2D eigenvalue weighted by atomic mass is 32.2. The summed E-state index contributed by atoms with van der Waals surface area (Å²) in [7, 11) is 1.56. The van der Waals surface area contributed by atoms with Gasteiger partial charge >= 0.3 is 10.9 Å². The second-order valence-corrected chi connectivity index (χ2v) is 4.94. The maximum Gasteiger partial charge on any atom is 0.354 e. The van der Waals surface area contributed by atoms with Crippen molar-refractivity contribution in [3.8, 4) is 5.75 Å². The SMILES string of the molecule is CSc1nn(C(=O)SOc2ccccc2)c(=O)n1C. The van der Waals surface area contributed by atoms with Gasteiger partial charge in [-0.15, -0.1) is 9.78 Å². The average molecular weight is 297 g/mol. The highest BCUT2D eigenvalue weighted by molar-refractivity contribution is 8.09. The predicted octanol–water partition coefficient (Wildman–Crippen LogP) is 2.00. The van der Waals surface area contributed by atoms with Crippen LogP contribution >= 0.6 is 23.8 Å². The van der Waals surface area contributed by atoms with Crippen molar-refractivity contribution in [3.63, 3.8) is 0 Å². The van der Waals surface area contributed by atoms with Crippen molar-refractivity contribution < 1.29 is 8.98 Å². The van der Waals surface area contributed by atoms with Crippen molar-refractivity contribution in [1.29, 1.82) is 0 Å². The van der Waals surface area contributed by atoms with E-state index in [0.29, 0.717) is 22.9 Å². The Kier molecular flexibility index (Phi) is 4.33. The van der Waals surface area contributed by atoms with Crippen molar-refractivity contribution in [2.45, 2.75) is 5.16 Å². The van der Waals surface area contributed by atoms with Gasteiger partial charge in [-0.3, -0.25) is 9.36 Å². The zero-order chi connectivity index (χ0) is 13.8. The van der Waals surface area contributed by atoms with E-state index in [9.17, 15) is 9.59 Å². The van der Waals surface area contributed by atoms with E-state index in [4.69, 9.17) is 4.18 Å². The minimum Gasteiger partial charge on any atom is -0.416 e. The molecule has 0 aliphatic carbocycles. The van der Waals surface area contributed by atoms with Gasteiger partial charge in [-0.2, -0.15) is 0 Å². The number of carbonyl (C=O) groups is 1. The molecule has 0 saturated heterocycles. The van der Waals surface area contributed by atoms with Crippen LogP contribution in [0.4, 0.5) is 4.79 Å². The average Bonchev–Trinajstić information content (AvgIpc) is 2.73. The number of hydrogen-bond acceptors (Lipinski definition) is 6. The van der Waals surface area contributed by atoms with Crippen LogP contribution in [0.3, 0.4) is 0 Å². The molecule has 1 heterocycles. The molecule has 0 spiro atoms. The number of benzene rings is 1. The van der Waals surface area contributed by atoms with Crippen molar-refractivity contribution in [2.75, 3.05) is 6.26 Å². The highest BCUT2D eigenvalue weighted by Gasteiger charge is 2.17. The third kappa shape index (κ3) is 3.02. The van der Waals surface area contributed by atoms with Gasteiger partial charge in [0.05, 0.1) is 0 Å². The summed E-state index contributed by atoms with van der Waals surface area (Å²) in [5.74, 6) is 0.537. The van der Waals surface area contributed by atoms with Crippen LogP contribution in [0.15, 0.2) is 40.3 Å². The number of thioether (sulfide) groups is 1. The zero-order valence-electron chi connectivity index (χ0n) is 10.3. The summed E-state index contributed by atoms with van der Waals surface area (Å²) in [6, 6.07) is 8.86. The lowest BCUT2D eigenvalue weighted by atomic mass is 10.3. The molecule has 0 bridgehead atoms. The third-order valence-corrected chi connectivity index (χ3v) is 3.56. The molecule has 0 aliphatic heterocycles. The third-order valence-electron chi connectivity index (χ3n) is 2.25. The Labute approximate surface area is 118 Å². The Balaban J connectivity index is 2.11. The number of para-hydroxylation sites is 1. The summed E-state index contributed by atoms with van der Waals surface area (Å²) in [6.45, 7) is 0. The molecule has 0 radical (unpaired) electrons. The van der Waals surface area contributed by atoms with Crippen molar-refractivity contribution in [2.24, 2.45) is 7.05 Å². The van der Waals surface area contributed by atoms with Crippen LogP contribution in [0.5, 0.6) is 5.75 Å². The molecule has 8 heteroatoms. The molecular weight excluding hydrogens is 286 g/mol. The van der Waals surface area contributed by atoms with E-state index < -0.39 is 10.9 Å². The van der Waals surface area contributed by atoms with Crippen LogP contribution in [0.25, 0.3) is 0 Å². The first-order valence-electron chi connectivity index (χ1n) is 5.27. The first kappa shape index (κ1) is 13.8. The Morgan fingerprint density at radius 3 is 2.58 bits per heavy atom. The summed E-state index contributed by atoms with van der Waals surface area (Å²) >= 11 is 1.86. The lowest BCUT2D eigenvalue weighted by molar-refractivity contribution is 0.257. The van der Waals surface area contributed by atoms with Gasteiger partial charge < -0.3 is 4.18 Å². The van der Waals surface area contributed by atoms with Gasteiger partial charge in [0.25, 0.3) is 0 Å². The maximum atomic E-state index is 11.8. The van der Waals surface area contributed by atoms with E-state index in [1.165, 1.54) is 16.3 Å². The summed E-state index contributed by atoms with van der Waals surface area (Å²) in [5, 5.41) is 3.81. The largest absolute Gasteiger partial charge is 0.416 e. The molecule has 0 unspecified atom stereocenters. The summed E-state index contributed by atoms with van der Waals surface area (Å²) < 4.78 is 7.31. The molecule has 0 atom stereocenters. The Hall–Kier alpha value is -1.67. The first-order chi connectivity index (χ1) is 9.13. The van der Waals surface area contributed by atoms with Gasteiger partial charge in [-0.05, 0) is 18.4 Å². The number of hydrogen-bond donors (Lipinski definition) is 0. The summed E-state index contributed by atoms with van der Waals surface area (Å²) in [4.78, 5) is 23.6. The van der Waals surface area contributed by atoms with Crippen LogP contribution in [0.2, 0.25) is 0 Å². The lowest BCUT2D eigenvalue weighted by Crippen LogP contribution is -2.27. The van der Waals surface area contributed by atoms with Crippen LogP contribution < -0.4 is 9.87 Å². The van der Waals surface area contributed by atoms with Crippen LogP contribution in [0.1, 0.15) is 0 Å². The van der Waals surface area contributed by atoms with Crippen molar-refractivity contribution in [1.82, 2.24) is 14.3 Å². The van der Waals surface area contributed by atoms with E-state index in [1.807, 2.05) is 6.07 Å². The fourth-order valence-corrected chi connectivity index (χ4v) is 2.29. The molecule has 100 valence electrons. The fourth-order valence-electron chi connectivity index (χ4n) is 1.31. The zero-order valence-corrected chi connectivity index (χ0v) is 11.9. The fraction of sp³-hybridized carbons (Fsp3) is 0.182. The highest BCUT2D eigenvalue weighted by Crippen LogP contribution is 2.17. The topological polar surface area (TPSA) is 66.1 Å². The normalized spacial score (nSPS) is 10.4. The van der Waals surface area contributed by atoms with Gasteiger partial charge in [0.1, 0.15) is 5.75 Å². The van der Waals surface area contributed by atoms with Gasteiger partial charge in [0.2, 0.25) is 0 Å². The van der Waals surface area contributed by atoms with Gasteiger partial charge in [0, 0.05) is 7.05 Å². The van der Waals surface area contributed by atoms with Crippen molar-refractivity contribution in [3.05, 3.63) is 40.8 Å². The Morgan fingerprint density at radius 2 is 2.00 bits per heavy atom. The molecule has 6 nitrogen and oxygen atoms in total. The second-order valence-electron chi connectivity index (χ2n) is 3.49. The van der Waals surface area contributed by atoms with Crippen molar-refractivity contribution >= 4 is 29.0 Å². The van der Waals surface area contributed by atoms with Crippen LogP contribution in [0, 0.1) is 0 Å². The van der Waals surface area contributed by atoms with Gasteiger partial charge in [-0.25, -0.2) is 4.79 Å². The standard InChI is InChI=1S/C11H11N3O3S2/c1-13-9(18-2)12-14(10(13)15)11(16)19-17-8-6-4-3-5-7-8/h3-7H,1-2H3. The van der Waals surface area contributed by atoms with E-state index >= 15 is 0 Å². The summed E-state index contributed by atoms with van der Waals surface area (Å²) in [5.41, 5.74) is -0.487. The number of carbonyl (C=O) groups excluding carboxylic acids is 1. The molecule has 2 aromatic rings. The van der Waals surface area contributed by atoms with Crippen LogP contribution in [-0.4, -0.2) is 25.8 Å². The molecule has 1 aromatic carbocycles. The molecule has 2 rings (SSSR count). The van der Waals surface area contributed by atoms with E-state index in [1.54, 1.807) is 37.6 Å².